The summed E-state index contributed by atoms with van der Waals surface area (Å²) in [7, 11) is 0. The maximum absolute atomic E-state index is 5.71. The summed E-state index contributed by atoms with van der Waals surface area (Å²) in [4.78, 5) is 0. The van der Waals surface area contributed by atoms with Crippen molar-refractivity contribution in [3.8, 4) is 5.69 Å². The summed E-state index contributed by atoms with van der Waals surface area (Å²) in [6.07, 6.45) is 3.75. The van der Waals surface area contributed by atoms with Gasteiger partial charge in [-0.1, -0.05) is 45.4 Å². The minimum atomic E-state index is 0.647. The first-order valence-electron chi connectivity index (χ1n) is 6.44. The van der Waals surface area contributed by atoms with Gasteiger partial charge in [-0.25, -0.2) is 4.68 Å². The highest BCUT2D eigenvalue weighted by atomic mass is 79.9. The zero-order valence-electron chi connectivity index (χ0n) is 10.8. The Labute approximate surface area is 130 Å². The van der Waals surface area contributed by atoms with Gasteiger partial charge in [0.25, 0.3) is 0 Å². The van der Waals surface area contributed by atoms with Gasteiger partial charge in [0.15, 0.2) is 0 Å². The van der Waals surface area contributed by atoms with Crippen LogP contribution >= 0.6 is 27.5 Å². The first-order valence-corrected chi connectivity index (χ1v) is 7.77. The zero-order valence-corrected chi connectivity index (χ0v) is 13.1. The summed E-state index contributed by atoms with van der Waals surface area (Å²) in [5.74, 6) is 0.647. The smallest absolute Gasteiger partial charge is 0.0832 e. The number of aromatic nitrogens is 3. The third-order valence-corrected chi connectivity index (χ3v) is 4.16. The van der Waals surface area contributed by atoms with Crippen LogP contribution in [-0.4, -0.2) is 20.9 Å². The molecule has 0 spiro atoms. The molecule has 5 heteroatoms. The Hall–Kier alpha value is -1.39. The molecule has 0 amide bonds. The number of aryl methyl sites for hydroxylation is 1. The van der Waals surface area contributed by atoms with E-state index in [9.17, 15) is 0 Å². The molecule has 0 fully saturated rings. The average molecular weight is 351 g/mol. The monoisotopic (exact) mass is 349 g/mol. The van der Waals surface area contributed by atoms with Gasteiger partial charge in [-0.15, -0.1) is 16.7 Å². The Kier molecular flexibility index (Phi) is 4.03. The summed E-state index contributed by atoms with van der Waals surface area (Å²) < 4.78 is 2.91. The van der Waals surface area contributed by atoms with Crippen molar-refractivity contribution in [2.24, 2.45) is 0 Å². The summed E-state index contributed by atoms with van der Waals surface area (Å²) in [6, 6.07) is 12.3. The molecule has 0 saturated heterocycles. The van der Waals surface area contributed by atoms with Gasteiger partial charge in [-0.2, -0.15) is 0 Å². The maximum atomic E-state index is 5.71. The molecule has 2 aromatic carbocycles. The van der Waals surface area contributed by atoms with Crippen LogP contribution in [0.1, 0.15) is 12.1 Å². The molecule has 0 N–H and O–H groups in total. The topological polar surface area (TPSA) is 30.7 Å². The zero-order chi connectivity index (χ0) is 13.9. The van der Waals surface area contributed by atoms with E-state index in [2.05, 4.69) is 38.4 Å². The molecule has 0 atom stereocenters. The molecule has 102 valence electrons. The number of benzene rings is 2. The first kappa shape index (κ1) is 13.6. The first-order chi connectivity index (χ1) is 9.79. The van der Waals surface area contributed by atoms with Gasteiger partial charge in [0, 0.05) is 15.7 Å². The van der Waals surface area contributed by atoms with E-state index in [1.165, 1.54) is 5.39 Å². The quantitative estimate of drug-likeness (QED) is 0.655. The molecule has 3 aromatic rings. The van der Waals surface area contributed by atoms with Crippen LogP contribution in [0.2, 0.25) is 0 Å². The summed E-state index contributed by atoms with van der Waals surface area (Å²) in [6.45, 7) is 0. The lowest BCUT2D eigenvalue weighted by Crippen LogP contribution is -1.96. The van der Waals surface area contributed by atoms with Gasteiger partial charge in [0.05, 0.1) is 17.6 Å². The third-order valence-electron chi connectivity index (χ3n) is 3.20. The highest BCUT2D eigenvalue weighted by molar-refractivity contribution is 9.10. The predicted molar refractivity (Wildman–Crippen MR) is 85.6 cm³/mol. The van der Waals surface area contributed by atoms with E-state index < -0.39 is 0 Å². The molecule has 20 heavy (non-hydrogen) atoms. The van der Waals surface area contributed by atoms with Crippen LogP contribution in [0.3, 0.4) is 0 Å². The van der Waals surface area contributed by atoms with Crippen LogP contribution in [0, 0.1) is 0 Å². The highest BCUT2D eigenvalue weighted by Crippen LogP contribution is 2.28. The Morgan fingerprint density at radius 1 is 1.10 bits per heavy atom. The maximum Gasteiger partial charge on any atom is 0.0832 e. The standard InChI is InChI=1S/C15H13BrClN3/c16-14-7-8-15(13-6-2-1-5-12(13)14)20-10-11(18-19-20)4-3-9-17/h1-2,5-8,10H,3-4,9H2. The largest absolute Gasteiger partial charge is 0.220 e. The second-order valence-corrected chi connectivity index (χ2v) is 5.79. The second-order valence-electron chi connectivity index (χ2n) is 4.56. The van der Waals surface area contributed by atoms with Crippen molar-refractivity contribution in [1.82, 2.24) is 15.0 Å². The van der Waals surface area contributed by atoms with Crippen LogP contribution in [-0.2, 0) is 6.42 Å². The van der Waals surface area contributed by atoms with Crippen molar-refractivity contribution >= 4 is 38.3 Å². The van der Waals surface area contributed by atoms with Crippen molar-refractivity contribution in [1.29, 1.82) is 0 Å². The minimum Gasteiger partial charge on any atom is -0.220 e. The number of nitrogens with zero attached hydrogens (tertiary/aromatic N) is 3. The fraction of sp³-hybridized carbons (Fsp3) is 0.200. The Morgan fingerprint density at radius 3 is 2.70 bits per heavy atom. The van der Waals surface area contributed by atoms with Gasteiger partial charge in [0.2, 0.25) is 0 Å². The van der Waals surface area contributed by atoms with Gasteiger partial charge < -0.3 is 0 Å². The van der Waals surface area contributed by atoms with E-state index in [0.29, 0.717) is 5.88 Å². The van der Waals surface area contributed by atoms with Crippen molar-refractivity contribution in [2.45, 2.75) is 12.8 Å². The molecule has 1 heterocycles. The number of alkyl halides is 1. The Morgan fingerprint density at radius 2 is 1.90 bits per heavy atom. The van der Waals surface area contributed by atoms with Gasteiger partial charge in [0.1, 0.15) is 0 Å². The SMILES string of the molecule is ClCCCc1cn(-c2ccc(Br)c3ccccc23)nn1. The molecule has 0 aliphatic heterocycles. The van der Waals surface area contributed by atoms with E-state index in [1.807, 2.05) is 35.1 Å². The number of rotatable bonds is 4. The van der Waals surface area contributed by atoms with Crippen molar-refractivity contribution in [3.63, 3.8) is 0 Å². The molecule has 3 nitrogen and oxygen atoms in total. The van der Waals surface area contributed by atoms with E-state index in [4.69, 9.17) is 11.6 Å². The number of halogens is 2. The lowest BCUT2D eigenvalue weighted by molar-refractivity contribution is 0.796. The molecule has 0 bridgehead atoms. The van der Waals surface area contributed by atoms with E-state index in [-0.39, 0.29) is 0 Å². The molecule has 1 aromatic heterocycles. The number of fused-ring (bicyclic) bond motifs is 1. The van der Waals surface area contributed by atoms with Crippen LogP contribution in [0.5, 0.6) is 0 Å². The van der Waals surface area contributed by atoms with Crippen LogP contribution < -0.4 is 0 Å². The van der Waals surface area contributed by atoms with Crippen LogP contribution in [0.25, 0.3) is 16.5 Å². The molecule has 0 unspecified atom stereocenters. The van der Waals surface area contributed by atoms with E-state index in [1.54, 1.807) is 0 Å². The fourth-order valence-electron chi connectivity index (χ4n) is 2.22. The van der Waals surface area contributed by atoms with Crippen molar-refractivity contribution < 1.29 is 0 Å². The van der Waals surface area contributed by atoms with E-state index in [0.717, 1.165) is 34.1 Å². The van der Waals surface area contributed by atoms with Crippen molar-refractivity contribution in [2.75, 3.05) is 5.88 Å². The minimum absolute atomic E-state index is 0.647. The molecular weight excluding hydrogens is 338 g/mol. The van der Waals surface area contributed by atoms with Gasteiger partial charge >= 0.3 is 0 Å². The lowest BCUT2D eigenvalue weighted by Gasteiger charge is -2.07. The summed E-state index contributed by atoms with van der Waals surface area (Å²) >= 11 is 9.29. The normalized spacial score (nSPS) is 11.1. The molecule has 0 aliphatic carbocycles. The Balaban J connectivity index is 2.06. The molecule has 0 aliphatic rings. The van der Waals surface area contributed by atoms with Gasteiger partial charge in [-0.3, -0.25) is 0 Å². The van der Waals surface area contributed by atoms with E-state index >= 15 is 0 Å². The van der Waals surface area contributed by atoms with Crippen LogP contribution in [0.4, 0.5) is 0 Å². The van der Waals surface area contributed by atoms with Gasteiger partial charge in [-0.05, 0) is 30.4 Å². The third kappa shape index (κ3) is 2.58. The molecule has 3 rings (SSSR count). The second kappa shape index (κ2) is 5.94. The summed E-state index contributed by atoms with van der Waals surface area (Å²) in [5.41, 5.74) is 2.01. The molecular formula is C15H13BrClN3. The Bertz CT molecular complexity index is 739. The van der Waals surface area contributed by atoms with Crippen LogP contribution in [0.15, 0.2) is 47.1 Å². The predicted octanol–water partition coefficient (Wildman–Crippen LogP) is 4.35. The number of hydrogen-bond acceptors (Lipinski definition) is 2. The average Bonchev–Trinajstić information content (AvgIpc) is 2.94. The van der Waals surface area contributed by atoms with Crippen molar-refractivity contribution in [3.05, 3.63) is 52.8 Å². The molecule has 0 saturated carbocycles. The number of hydrogen-bond donors (Lipinski definition) is 0. The molecule has 0 radical (unpaired) electrons. The highest BCUT2D eigenvalue weighted by Gasteiger charge is 2.08. The fourth-order valence-corrected chi connectivity index (χ4v) is 2.84. The lowest BCUT2D eigenvalue weighted by atomic mass is 10.1. The summed E-state index contributed by atoms with van der Waals surface area (Å²) in [5, 5.41) is 10.7.